The Bertz CT molecular complexity index is 554. The number of aryl methyl sites for hydroxylation is 2. The Morgan fingerprint density at radius 2 is 1.94 bits per heavy atom. The van der Waals surface area contributed by atoms with Crippen LogP contribution in [0.3, 0.4) is 0 Å². The van der Waals surface area contributed by atoms with Crippen LogP contribution in [0.4, 0.5) is 5.82 Å². The Labute approximate surface area is 104 Å². The van der Waals surface area contributed by atoms with Gasteiger partial charge in [0.15, 0.2) is 0 Å². The first kappa shape index (κ1) is 10.6. The first-order chi connectivity index (χ1) is 8.31. The van der Waals surface area contributed by atoms with E-state index in [1.807, 2.05) is 0 Å². The van der Waals surface area contributed by atoms with Gasteiger partial charge in [0, 0.05) is 11.0 Å². The number of aromatic nitrogens is 2. The molecule has 0 saturated carbocycles. The number of benzene rings is 1. The number of anilines is 1. The first-order valence-electron chi connectivity index (χ1n) is 5.68. The van der Waals surface area contributed by atoms with Crippen LogP contribution in [0.25, 0.3) is 0 Å². The maximum Gasteiger partial charge on any atom is 0.127 e. The molecule has 0 aliphatic heterocycles. The summed E-state index contributed by atoms with van der Waals surface area (Å²) in [4.78, 5) is 9.32. The molecule has 1 aromatic heterocycles. The summed E-state index contributed by atoms with van der Waals surface area (Å²) < 4.78 is 0. The summed E-state index contributed by atoms with van der Waals surface area (Å²) in [6, 6.07) is 8.46. The molecule has 0 bridgehead atoms. The number of nitrogens with zero attached hydrogens (tertiary/aromatic N) is 2. The number of nitrogen functional groups attached to an aromatic ring is 1. The summed E-state index contributed by atoms with van der Waals surface area (Å²) in [6.07, 6.45) is 5.21. The van der Waals surface area contributed by atoms with E-state index in [1.165, 1.54) is 41.6 Å². The lowest BCUT2D eigenvalue weighted by molar-refractivity contribution is 0.911. The molecule has 3 nitrogen and oxygen atoms in total. The molecular formula is C13H13N3S. The van der Waals surface area contributed by atoms with Crippen molar-refractivity contribution >= 4 is 17.6 Å². The first-order valence-corrected chi connectivity index (χ1v) is 6.50. The molecule has 1 aliphatic carbocycles. The molecule has 0 spiro atoms. The van der Waals surface area contributed by atoms with Crippen LogP contribution in [0.2, 0.25) is 0 Å². The van der Waals surface area contributed by atoms with E-state index < -0.39 is 0 Å². The number of fused-ring (bicyclic) bond motifs is 1. The van der Waals surface area contributed by atoms with Gasteiger partial charge in [0.1, 0.15) is 17.2 Å². The highest BCUT2D eigenvalue weighted by atomic mass is 32.2. The minimum absolute atomic E-state index is 0.517. The zero-order valence-electron chi connectivity index (χ0n) is 9.39. The molecule has 86 valence electrons. The molecule has 1 aliphatic rings. The molecular weight excluding hydrogens is 230 g/mol. The van der Waals surface area contributed by atoms with Gasteiger partial charge < -0.3 is 5.73 Å². The van der Waals surface area contributed by atoms with E-state index in [9.17, 15) is 0 Å². The van der Waals surface area contributed by atoms with Crippen LogP contribution in [0.1, 0.15) is 17.5 Å². The molecule has 0 amide bonds. The van der Waals surface area contributed by atoms with Crippen LogP contribution in [0, 0.1) is 0 Å². The van der Waals surface area contributed by atoms with E-state index in [0.29, 0.717) is 5.82 Å². The van der Waals surface area contributed by atoms with Crippen molar-refractivity contribution in [3.05, 3.63) is 41.7 Å². The number of hydrogen-bond donors (Lipinski definition) is 1. The summed E-state index contributed by atoms with van der Waals surface area (Å²) in [5.74, 6) is 0.517. The van der Waals surface area contributed by atoms with Gasteiger partial charge in [-0.15, -0.1) is 0 Å². The second kappa shape index (κ2) is 4.37. The number of rotatable bonds is 2. The predicted molar refractivity (Wildman–Crippen MR) is 69.0 cm³/mol. The Morgan fingerprint density at radius 3 is 2.82 bits per heavy atom. The average Bonchev–Trinajstić information content (AvgIpc) is 2.76. The van der Waals surface area contributed by atoms with Gasteiger partial charge in [-0.2, -0.15) is 0 Å². The van der Waals surface area contributed by atoms with Gasteiger partial charge in [0.2, 0.25) is 0 Å². The topological polar surface area (TPSA) is 51.8 Å². The second-order valence-electron chi connectivity index (χ2n) is 4.17. The largest absolute Gasteiger partial charge is 0.384 e. The van der Waals surface area contributed by atoms with E-state index in [4.69, 9.17) is 5.73 Å². The van der Waals surface area contributed by atoms with E-state index in [2.05, 4.69) is 28.2 Å². The second-order valence-corrected chi connectivity index (χ2v) is 5.26. The van der Waals surface area contributed by atoms with Crippen molar-refractivity contribution in [1.82, 2.24) is 9.97 Å². The van der Waals surface area contributed by atoms with Crippen molar-refractivity contribution in [2.75, 3.05) is 5.73 Å². The van der Waals surface area contributed by atoms with Gasteiger partial charge in [-0.1, -0.05) is 17.8 Å². The lowest BCUT2D eigenvalue weighted by Crippen LogP contribution is -1.91. The van der Waals surface area contributed by atoms with Gasteiger partial charge in [0.25, 0.3) is 0 Å². The van der Waals surface area contributed by atoms with Gasteiger partial charge in [0.05, 0.1) is 0 Å². The molecule has 1 heterocycles. The van der Waals surface area contributed by atoms with Crippen LogP contribution in [0.15, 0.2) is 40.5 Å². The number of nitrogens with two attached hydrogens (primary N) is 1. The summed E-state index contributed by atoms with van der Waals surface area (Å²) in [6.45, 7) is 0. The highest BCUT2D eigenvalue weighted by Crippen LogP contribution is 2.31. The maximum atomic E-state index is 5.64. The smallest absolute Gasteiger partial charge is 0.127 e. The van der Waals surface area contributed by atoms with Crippen LogP contribution in [0.5, 0.6) is 0 Å². The lowest BCUT2D eigenvalue weighted by atomic mass is 10.1. The van der Waals surface area contributed by atoms with E-state index in [-0.39, 0.29) is 0 Å². The van der Waals surface area contributed by atoms with Crippen molar-refractivity contribution in [1.29, 1.82) is 0 Å². The molecule has 0 unspecified atom stereocenters. The molecule has 0 radical (unpaired) electrons. The lowest BCUT2D eigenvalue weighted by Gasteiger charge is -2.04. The molecule has 0 fully saturated rings. The van der Waals surface area contributed by atoms with Gasteiger partial charge >= 0.3 is 0 Å². The van der Waals surface area contributed by atoms with Gasteiger partial charge in [-0.05, 0) is 42.5 Å². The maximum absolute atomic E-state index is 5.64. The van der Waals surface area contributed by atoms with Crippen LogP contribution in [-0.4, -0.2) is 9.97 Å². The summed E-state index contributed by atoms with van der Waals surface area (Å²) in [5, 5.41) is 0.899. The molecule has 3 rings (SSSR count). The monoisotopic (exact) mass is 243 g/mol. The third kappa shape index (κ3) is 2.26. The standard InChI is InChI=1S/C13H13N3S/c14-12-7-13(16-8-15-12)17-11-5-4-9-2-1-3-10(9)6-11/h4-8H,1-3H2,(H2,14,15,16). The fourth-order valence-electron chi connectivity index (χ4n) is 2.14. The van der Waals surface area contributed by atoms with E-state index >= 15 is 0 Å². The van der Waals surface area contributed by atoms with Crippen molar-refractivity contribution in [2.24, 2.45) is 0 Å². The number of hydrogen-bond acceptors (Lipinski definition) is 4. The van der Waals surface area contributed by atoms with E-state index in [1.54, 1.807) is 17.8 Å². The molecule has 2 aromatic rings. The van der Waals surface area contributed by atoms with Crippen molar-refractivity contribution in [3.8, 4) is 0 Å². The Kier molecular flexibility index (Phi) is 2.73. The average molecular weight is 243 g/mol. The molecule has 2 N–H and O–H groups in total. The Balaban J connectivity index is 1.86. The van der Waals surface area contributed by atoms with Gasteiger partial charge in [-0.25, -0.2) is 9.97 Å². The van der Waals surface area contributed by atoms with Gasteiger partial charge in [-0.3, -0.25) is 0 Å². The third-order valence-electron chi connectivity index (χ3n) is 2.96. The molecule has 17 heavy (non-hydrogen) atoms. The normalized spacial score (nSPS) is 13.6. The van der Waals surface area contributed by atoms with Crippen molar-refractivity contribution in [2.45, 2.75) is 29.2 Å². The molecule has 4 heteroatoms. The fraction of sp³-hybridized carbons (Fsp3) is 0.231. The summed E-state index contributed by atoms with van der Waals surface area (Å²) in [5.41, 5.74) is 8.62. The highest BCUT2D eigenvalue weighted by molar-refractivity contribution is 7.99. The van der Waals surface area contributed by atoms with Crippen molar-refractivity contribution in [3.63, 3.8) is 0 Å². The summed E-state index contributed by atoms with van der Waals surface area (Å²) in [7, 11) is 0. The minimum atomic E-state index is 0.517. The summed E-state index contributed by atoms with van der Waals surface area (Å²) >= 11 is 1.64. The molecule has 0 saturated heterocycles. The van der Waals surface area contributed by atoms with Crippen LogP contribution in [-0.2, 0) is 12.8 Å². The molecule has 1 aromatic carbocycles. The third-order valence-corrected chi connectivity index (χ3v) is 3.88. The zero-order valence-corrected chi connectivity index (χ0v) is 10.2. The SMILES string of the molecule is Nc1cc(Sc2ccc3c(c2)CCC3)ncn1. The van der Waals surface area contributed by atoms with Crippen LogP contribution >= 0.6 is 11.8 Å². The minimum Gasteiger partial charge on any atom is -0.384 e. The zero-order chi connectivity index (χ0) is 11.7. The van der Waals surface area contributed by atoms with Crippen molar-refractivity contribution < 1.29 is 0 Å². The van der Waals surface area contributed by atoms with E-state index in [0.717, 1.165) is 5.03 Å². The predicted octanol–water partition coefficient (Wildman–Crippen LogP) is 2.70. The highest BCUT2D eigenvalue weighted by Gasteiger charge is 2.11. The van der Waals surface area contributed by atoms with Crippen LogP contribution < -0.4 is 5.73 Å². The Morgan fingerprint density at radius 1 is 1.06 bits per heavy atom. The molecule has 0 atom stereocenters. The quantitative estimate of drug-likeness (QED) is 0.824. The fourth-order valence-corrected chi connectivity index (χ4v) is 3.00. The Hall–Kier alpha value is -1.55.